The first-order valence-electron chi connectivity index (χ1n) is 8.28. The van der Waals surface area contributed by atoms with Gasteiger partial charge in [0.05, 0.1) is 5.69 Å². The molecular weight excluding hydrogens is 340 g/mol. The van der Waals surface area contributed by atoms with E-state index in [4.69, 9.17) is 21.4 Å². The Balaban J connectivity index is 1.81. The average molecular weight is 361 g/mol. The molecule has 25 heavy (non-hydrogen) atoms. The van der Waals surface area contributed by atoms with Gasteiger partial charge in [0.25, 0.3) is 0 Å². The Bertz CT molecular complexity index is 766. The summed E-state index contributed by atoms with van der Waals surface area (Å²) < 4.78 is 5.95. The lowest BCUT2D eigenvalue weighted by Crippen LogP contribution is -2.26. The first-order chi connectivity index (χ1) is 12.1. The second-order valence-corrected chi connectivity index (χ2v) is 6.53. The fourth-order valence-corrected chi connectivity index (χ4v) is 3.12. The predicted molar refractivity (Wildman–Crippen MR) is 99.1 cm³/mol. The second kappa shape index (κ2) is 7.66. The summed E-state index contributed by atoms with van der Waals surface area (Å²) in [5.74, 6) is 0.845. The summed E-state index contributed by atoms with van der Waals surface area (Å²) in [5.41, 5.74) is 3.14. The number of unbranched alkanes of at least 4 members (excludes halogenated alkanes) is 1. The maximum atomic E-state index is 10.9. The van der Waals surface area contributed by atoms with Crippen LogP contribution in [0.15, 0.2) is 42.5 Å². The normalized spacial score (nSPS) is 12.6. The Kier molecular flexibility index (Phi) is 5.34. The van der Waals surface area contributed by atoms with Crippen molar-refractivity contribution in [1.82, 2.24) is 4.90 Å². The van der Waals surface area contributed by atoms with Gasteiger partial charge in [0.15, 0.2) is 0 Å². The summed E-state index contributed by atoms with van der Waals surface area (Å²) in [5, 5.41) is 9.63. The molecule has 0 unspecified atom stereocenters. The Morgan fingerprint density at radius 2 is 2.04 bits per heavy atom. The minimum absolute atomic E-state index is 0.502. The van der Waals surface area contributed by atoms with E-state index in [0.717, 1.165) is 42.1 Å². The molecule has 0 aromatic heterocycles. The zero-order chi connectivity index (χ0) is 17.8. The lowest BCUT2D eigenvalue weighted by molar-refractivity contribution is 0.155. The van der Waals surface area contributed by atoms with Gasteiger partial charge in [-0.25, -0.2) is 4.79 Å². The van der Waals surface area contributed by atoms with Crippen molar-refractivity contribution >= 4 is 29.1 Å². The predicted octanol–water partition coefficient (Wildman–Crippen LogP) is 4.76. The molecule has 5 nitrogen and oxygen atoms in total. The standard InChI is InChI=1S/C19H21ClN2O3/c1-21(19(23)24)10-4-5-11-22-16-6-2-3-7-18(16)25-13-14-8-9-15(20)12-17(14)22/h2-3,6-9,12H,4-5,10-11,13H2,1H3,(H,23,24). The Morgan fingerprint density at radius 3 is 2.84 bits per heavy atom. The first kappa shape index (κ1) is 17.4. The molecule has 0 saturated carbocycles. The zero-order valence-electron chi connectivity index (χ0n) is 14.1. The van der Waals surface area contributed by atoms with E-state index in [1.807, 2.05) is 42.5 Å². The van der Waals surface area contributed by atoms with Crippen LogP contribution in [-0.2, 0) is 6.61 Å². The molecule has 0 atom stereocenters. The monoisotopic (exact) mass is 360 g/mol. The number of fused-ring (bicyclic) bond motifs is 2. The van der Waals surface area contributed by atoms with Crippen molar-refractivity contribution in [2.75, 3.05) is 25.0 Å². The highest BCUT2D eigenvalue weighted by atomic mass is 35.5. The van der Waals surface area contributed by atoms with E-state index in [1.54, 1.807) is 7.05 Å². The van der Waals surface area contributed by atoms with Crippen LogP contribution in [0.2, 0.25) is 5.02 Å². The molecular formula is C19H21ClN2O3. The summed E-state index contributed by atoms with van der Waals surface area (Å²) in [6.45, 7) is 1.78. The number of rotatable bonds is 5. The van der Waals surface area contributed by atoms with E-state index >= 15 is 0 Å². The van der Waals surface area contributed by atoms with Crippen LogP contribution in [0.5, 0.6) is 5.75 Å². The third kappa shape index (κ3) is 3.99. The quantitative estimate of drug-likeness (QED) is 0.781. The summed E-state index contributed by atoms with van der Waals surface area (Å²) in [6.07, 6.45) is 0.751. The molecule has 6 heteroatoms. The Labute approximate surface area is 152 Å². The molecule has 1 amide bonds. The van der Waals surface area contributed by atoms with E-state index < -0.39 is 6.09 Å². The van der Waals surface area contributed by atoms with Crippen molar-refractivity contribution in [2.24, 2.45) is 0 Å². The van der Waals surface area contributed by atoms with Crippen LogP contribution >= 0.6 is 11.6 Å². The van der Waals surface area contributed by atoms with E-state index in [0.29, 0.717) is 18.2 Å². The number of anilines is 2. The van der Waals surface area contributed by atoms with Crippen LogP contribution in [0.25, 0.3) is 0 Å². The molecule has 1 heterocycles. The van der Waals surface area contributed by atoms with Crippen molar-refractivity contribution in [3.05, 3.63) is 53.1 Å². The number of para-hydroxylation sites is 2. The van der Waals surface area contributed by atoms with E-state index in [-0.39, 0.29) is 0 Å². The van der Waals surface area contributed by atoms with Crippen LogP contribution < -0.4 is 9.64 Å². The van der Waals surface area contributed by atoms with Crippen molar-refractivity contribution < 1.29 is 14.6 Å². The molecule has 0 saturated heterocycles. The summed E-state index contributed by atoms with van der Waals surface area (Å²) in [4.78, 5) is 14.4. The molecule has 1 aliphatic rings. The fourth-order valence-electron chi connectivity index (χ4n) is 2.95. The lowest BCUT2D eigenvalue weighted by atomic mass is 10.1. The summed E-state index contributed by atoms with van der Waals surface area (Å²) in [7, 11) is 1.59. The van der Waals surface area contributed by atoms with Crippen LogP contribution in [0, 0.1) is 0 Å². The molecule has 0 spiro atoms. The van der Waals surface area contributed by atoms with Gasteiger partial charge in [-0.1, -0.05) is 29.8 Å². The Morgan fingerprint density at radius 1 is 1.24 bits per heavy atom. The van der Waals surface area contributed by atoms with Gasteiger partial charge in [0.1, 0.15) is 12.4 Å². The third-order valence-electron chi connectivity index (χ3n) is 4.33. The summed E-state index contributed by atoms with van der Waals surface area (Å²) in [6, 6.07) is 13.8. The van der Waals surface area contributed by atoms with Gasteiger partial charge in [-0.05, 0) is 37.1 Å². The fraction of sp³-hybridized carbons (Fsp3) is 0.316. The molecule has 1 N–H and O–H groups in total. The van der Waals surface area contributed by atoms with Crippen LogP contribution in [-0.4, -0.2) is 36.2 Å². The van der Waals surface area contributed by atoms with Crippen LogP contribution in [0.1, 0.15) is 18.4 Å². The van der Waals surface area contributed by atoms with Crippen molar-refractivity contribution in [3.63, 3.8) is 0 Å². The number of carboxylic acid groups (broad SMARTS) is 1. The van der Waals surface area contributed by atoms with Crippen molar-refractivity contribution in [2.45, 2.75) is 19.4 Å². The van der Waals surface area contributed by atoms with E-state index in [9.17, 15) is 4.79 Å². The van der Waals surface area contributed by atoms with Crippen molar-refractivity contribution in [1.29, 1.82) is 0 Å². The number of hydrogen-bond acceptors (Lipinski definition) is 3. The lowest BCUT2D eigenvalue weighted by Gasteiger charge is -2.26. The highest BCUT2D eigenvalue weighted by Crippen LogP contribution is 2.40. The third-order valence-corrected chi connectivity index (χ3v) is 4.56. The zero-order valence-corrected chi connectivity index (χ0v) is 14.9. The molecule has 0 bridgehead atoms. The largest absolute Gasteiger partial charge is 0.487 e. The molecule has 2 aromatic carbocycles. The minimum Gasteiger partial charge on any atom is -0.487 e. The SMILES string of the molecule is CN(CCCCN1c2cc(Cl)ccc2COc2ccccc21)C(=O)O. The molecule has 0 fully saturated rings. The van der Waals surface area contributed by atoms with Crippen LogP contribution in [0.3, 0.4) is 0 Å². The van der Waals surface area contributed by atoms with Gasteiger partial charge < -0.3 is 19.6 Å². The molecule has 0 radical (unpaired) electrons. The highest BCUT2D eigenvalue weighted by molar-refractivity contribution is 6.30. The average Bonchev–Trinajstić information content (AvgIpc) is 2.75. The second-order valence-electron chi connectivity index (χ2n) is 6.09. The highest BCUT2D eigenvalue weighted by Gasteiger charge is 2.21. The minimum atomic E-state index is -0.898. The molecule has 0 aliphatic carbocycles. The molecule has 3 rings (SSSR count). The van der Waals surface area contributed by atoms with Gasteiger partial charge in [-0.2, -0.15) is 0 Å². The topological polar surface area (TPSA) is 53.0 Å². The molecule has 132 valence electrons. The van der Waals surface area contributed by atoms with E-state index in [1.165, 1.54) is 4.90 Å². The number of benzene rings is 2. The Hall–Kier alpha value is -2.40. The van der Waals surface area contributed by atoms with Gasteiger partial charge in [-0.3, -0.25) is 0 Å². The smallest absolute Gasteiger partial charge is 0.407 e. The number of hydrogen-bond donors (Lipinski definition) is 1. The number of halogens is 1. The maximum absolute atomic E-state index is 10.9. The number of nitrogens with zero attached hydrogens (tertiary/aromatic N) is 2. The number of amides is 1. The first-order valence-corrected chi connectivity index (χ1v) is 8.66. The van der Waals surface area contributed by atoms with Gasteiger partial charge >= 0.3 is 6.09 Å². The van der Waals surface area contributed by atoms with Crippen LogP contribution in [0.4, 0.5) is 16.2 Å². The molecule has 1 aliphatic heterocycles. The van der Waals surface area contributed by atoms with Gasteiger partial charge in [-0.15, -0.1) is 0 Å². The summed E-state index contributed by atoms with van der Waals surface area (Å²) >= 11 is 6.22. The van der Waals surface area contributed by atoms with Gasteiger partial charge in [0, 0.05) is 36.4 Å². The van der Waals surface area contributed by atoms with E-state index in [2.05, 4.69) is 4.90 Å². The molecule has 2 aromatic rings. The van der Waals surface area contributed by atoms with Crippen molar-refractivity contribution in [3.8, 4) is 5.75 Å². The maximum Gasteiger partial charge on any atom is 0.407 e. The van der Waals surface area contributed by atoms with Gasteiger partial charge in [0.2, 0.25) is 0 Å². The number of carbonyl (C=O) groups is 1. The number of ether oxygens (including phenoxy) is 1.